The molecule has 14 heavy (non-hydrogen) atoms. The molecule has 1 aliphatic carbocycles. The monoisotopic (exact) mass is 201 g/mol. The average Bonchev–Trinajstić information content (AvgIpc) is 2.47. The second kappa shape index (κ2) is 2.76. The smallest absolute Gasteiger partial charge is 0.250 e. The fourth-order valence-electron chi connectivity index (χ4n) is 2.10. The van der Waals surface area contributed by atoms with Crippen LogP contribution < -0.4 is 5.73 Å². The van der Waals surface area contributed by atoms with Gasteiger partial charge in [-0.1, -0.05) is 0 Å². The Labute approximate surface area is 80.9 Å². The van der Waals surface area contributed by atoms with E-state index in [4.69, 9.17) is 5.73 Å². The molecule has 0 bridgehead atoms. The minimum atomic E-state index is -2.55. The van der Waals surface area contributed by atoms with Gasteiger partial charge in [-0.05, 0) is 5.56 Å². The van der Waals surface area contributed by atoms with Crippen molar-refractivity contribution in [2.45, 2.75) is 24.2 Å². The van der Waals surface area contributed by atoms with Crippen LogP contribution in [0, 0.1) is 0 Å². The summed E-state index contributed by atoms with van der Waals surface area (Å²) in [6.45, 7) is 0.258. The van der Waals surface area contributed by atoms with Crippen LogP contribution in [0.2, 0.25) is 0 Å². The van der Waals surface area contributed by atoms with Crippen molar-refractivity contribution in [1.82, 2.24) is 9.78 Å². The van der Waals surface area contributed by atoms with Gasteiger partial charge in [-0.25, -0.2) is 8.78 Å². The molecule has 0 aromatic carbocycles. The molecule has 1 aliphatic rings. The summed E-state index contributed by atoms with van der Waals surface area (Å²) in [6, 6.07) is 0. The van der Waals surface area contributed by atoms with Crippen molar-refractivity contribution in [2.75, 3.05) is 6.54 Å². The van der Waals surface area contributed by atoms with Crippen LogP contribution in [-0.4, -0.2) is 22.2 Å². The summed E-state index contributed by atoms with van der Waals surface area (Å²) in [7, 11) is 1.77. The Morgan fingerprint density at radius 1 is 1.57 bits per heavy atom. The molecule has 3 nitrogen and oxygen atoms in total. The van der Waals surface area contributed by atoms with E-state index < -0.39 is 11.3 Å². The van der Waals surface area contributed by atoms with E-state index in [1.54, 1.807) is 24.1 Å². The molecule has 1 aromatic heterocycles. The molecular weight excluding hydrogens is 188 g/mol. The molecule has 0 radical (unpaired) electrons. The quantitative estimate of drug-likeness (QED) is 0.777. The van der Waals surface area contributed by atoms with Gasteiger partial charge < -0.3 is 5.73 Å². The molecule has 1 fully saturated rings. The number of aromatic nitrogens is 2. The van der Waals surface area contributed by atoms with E-state index in [-0.39, 0.29) is 19.4 Å². The van der Waals surface area contributed by atoms with E-state index in [1.807, 2.05) is 0 Å². The molecule has 2 N–H and O–H groups in total. The van der Waals surface area contributed by atoms with E-state index in [0.29, 0.717) is 0 Å². The van der Waals surface area contributed by atoms with Crippen LogP contribution in [0.1, 0.15) is 18.4 Å². The van der Waals surface area contributed by atoms with Crippen LogP contribution in [0.3, 0.4) is 0 Å². The number of rotatable bonds is 2. The molecule has 78 valence electrons. The van der Waals surface area contributed by atoms with Crippen LogP contribution in [0.25, 0.3) is 0 Å². The van der Waals surface area contributed by atoms with Gasteiger partial charge in [-0.15, -0.1) is 0 Å². The number of alkyl halides is 2. The standard InChI is InChI=1S/C9H13F2N3/c1-14-3-7(2-13-14)8(6-12)4-9(10,11)5-8/h2-3H,4-6,12H2,1H3. The first-order chi connectivity index (χ1) is 6.47. The summed E-state index contributed by atoms with van der Waals surface area (Å²) in [5, 5.41) is 3.98. The summed E-state index contributed by atoms with van der Waals surface area (Å²) >= 11 is 0. The topological polar surface area (TPSA) is 43.8 Å². The lowest BCUT2D eigenvalue weighted by molar-refractivity contribution is -0.123. The van der Waals surface area contributed by atoms with Crippen molar-refractivity contribution in [1.29, 1.82) is 0 Å². The Bertz CT molecular complexity index is 338. The Kier molecular flexibility index (Phi) is 1.89. The van der Waals surface area contributed by atoms with E-state index >= 15 is 0 Å². The van der Waals surface area contributed by atoms with E-state index in [9.17, 15) is 8.78 Å². The Hall–Kier alpha value is -0.970. The van der Waals surface area contributed by atoms with Gasteiger partial charge in [0.1, 0.15) is 0 Å². The molecular formula is C9H13F2N3. The fourth-order valence-corrected chi connectivity index (χ4v) is 2.10. The van der Waals surface area contributed by atoms with Crippen LogP contribution in [0.4, 0.5) is 8.78 Å². The van der Waals surface area contributed by atoms with Gasteiger partial charge >= 0.3 is 0 Å². The van der Waals surface area contributed by atoms with Crippen LogP contribution in [0.15, 0.2) is 12.4 Å². The molecule has 0 unspecified atom stereocenters. The molecule has 0 atom stereocenters. The zero-order valence-corrected chi connectivity index (χ0v) is 8.00. The molecule has 0 spiro atoms. The summed E-state index contributed by atoms with van der Waals surface area (Å²) in [6.07, 6.45) is 3.09. The SMILES string of the molecule is Cn1cc(C2(CN)CC(F)(F)C2)cn1. The lowest BCUT2D eigenvalue weighted by Gasteiger charge is -2.46. The highest BCUT2D eigenvalue weighted by molar-refractivity contribution is 5.27. The summed E-state index contributed by atoms with van der Waals surface area (Å²) < 4.78 is 27.3. The summed E-state index contributed by atoms with van der Waals surface area (Å²) in [5.41, 5.74) is 5.84. The third-order valence-electron chi connectivity index (χ3n) is 2.90. The van der Waals surface area contributed by atoms with Crippen LogP contribution >= 0.6 is 0 Å². The molecule has 1 heterocycles. The molecule has 1 aromatic rings. The lowest BCUT2D eigenvalue weighted by atomic mass is 9.63. The highest BCUT2D eigenvalue weighted by Gasteiger charge is 2.56. The zero-order chi connectivity index (χ0) is 10.4. The van der Waals surface area contributed by atoms with Gasteiger partial charge in [0.2, 0.25) is 5.92 Å². The molecule has 1 saturated carbocycles. The maximum atomic E-state index is 12.8. The predicted octanol–water partition coefficient (Wildman–Crippen LogP) is 1.05. The first kappa shape index (κ1) is 9.58. The van der Waals surface area contributed by atoms with Gasteiger partial charge in [-0.2, -0.15) is 5.10 Å². The third-order valence-corrected chi connectivity index (χ3v) is 2.90. The minimum Gasteiger partial charge on any atom is -0.330 e. The number of nitrogens with two attached hydrogens (primary N) is 1. The lowest BCUT2D eigenvalue weighted by Crippen LogP contribution is -2.53. The summed E-state index contributed by atoms with van der Waals surface area (Å²) in [4.78, 5) is 0. The van der Waals surface area contributed by atoms with Gasteiger partial charge in [0.05, 0.1) is 6.20 Å². The number of hydrogen-bond acceptors (Lipinski definition) is 2. The van der Waals surface area contributed by atoms with Gasteiger partial charge in [0, 0.05) is 38.0 Å². The van der Waals surface area contributed by atoms with Crippen molar-refractivity contribution in [2.24, 2.45) is 12.8 Å². The predicted molar refractivity (Wildman–Crippen MR) is 48.1 cm³/mol. The Balaban J connectivity index is 2.24. The highest BCUT2D eigenvalue weighted by atomic mass is 19.3. The minimum absolute atomic E-state index is 0.151. The number of aryl methyl sites for hydroxylation is 1. The number of hydrogen-bond donors (Lipinski definition) is 1. The third kappa shape index (κ3) is 1.32. The number of halogens is 2. The Morgan fingerprint density at radius 3 is 2.57 bits per heavy atom. The summed E-state index contributed by atoms with van der Waals surface area (Å²) in [5.74, 6) is -2.55. The van der Waals surface area contributed by atoms with Crippen molar-refractivity contribution in [3.63, 3.8) is 0 Å². The van der Waals surface area contributed by atoms with Crippen molar-refractivity contribution in [3.8, 4) is 0 Å². The van der Waals surface area contributed by atoms with Crippen molar-refractivity contribution in [3.05, 3.63) is 18.0 Å². The molecule has 0 amide bonds. The second-order valence-electron chi connectivity index (χ2n) is 4.10. The second-order valence-corrected chi connectivity index (χ2v) is 4.10. The fraction of sp³-hybridized carbons (Fsp3) is 0.667. The average molecular weight is 201 g/mol. The number of nitrogens with zero attached hydrogens (tertiary/aromatic N) is 2. The molecule has 2 rings (SSSR count). The molecule has 0 saturated heterocycles. The zero-order valence-electron chi connectivity index (χ0n) is 8.00. The van der Waals surface area contributed by atoms with Gasteiger partial charge in [0.15, 0.2) is 0 Å². The Morgan fingerprint density at radius 2 is 2.21 bits per heavy atom. The van der Waals surface area contributed by atoms with Crippen LogP contribution in [0.5, 0.6) is 0 Å². The maximum Gasteiger partial charge on any atom is 0.250 e. The van der Waals surface area contributed by atoms with Crippen molar-refractivity contribution >= 4 is 0 Å². The van der Waals surface area contributed by atoms with Gasteiger partial charge in [0.25, 0.3) is 0 Å². The van der Waals surface area contributed by atoms with E-state index in [2.05, 4.69) is 5.10 Å². The normalized spacial score (nSPS) is 23.1. The van der Waals surface area contributed by atoms with Crippen molar-refractivity contribution < 1.29 is 8.78 Å². The molecule has 5 heteroatoms. The highest BCUT2D eigenvalue weighted by Crippen LogP contribution is 2.52. The first-order valence-corrected chi connectivity index (χ1v) is 4.54. The first-order valence-electron chi connectivity index (χ1n) is 4.54. The largest absolute Gasteiger partial charge is 0.330 e. The van der Waals surface area contributed by atoms with E-state index in [0.717, 1.165) is 5.56 Å². The van der Waals surface area contributed by atoms with Gasteiger partial charge in [-0.3, -0.25) is 4.68 Å². The van der Waals surface area contributed by atoms with Crippen LogP contribution in [-0.2, 0) is 12.5 Å². The van der Waals surface area contributed by atoms with E-state index in [1.165, 1.54) is 0 Å². The molecule has 0 aliphatic heterocycles. The maximum absolute atomic E-state index is 12.8.